The lowest BCUT2D eigenvalue weighted by molar-refractivity contribution is 0.103. The molecule has 0 bridgehead atoms. The average molecular weight is 473 g/mol. The molecular formula is C19H16N6O3S3. The van der Waals surface area contributed by atoms with Gasteiger partial charge >= 0.3 is 0 Å². The summed E-state index contributed by atoms with van der Waals surface area (Å²) in [5, 5.41) is 10.9. The second-order valence-corrected chi connectivity index (χ2v) is 9.84. The van der Waals surface area contributed by atoms with Crippen LogP contribution in [0.2, 0.25) is 0 Å². The Morgan fingerprint density at radius 1 is 1.03 bits per heavy atom. The zero-order valence-electron chi connectivity index (χ0n) is 15.8. The van der Waals surface area contributed by atoms with Crippen LogP contribution in [0.15, 0.2) is 58.8 Å². The molecule has 0 fully saturated rings. The van der Waals surface area contributed by atoms with Gasteiger partial charge in [0, 0.05) is 22.3 Å². The van der Waals surface area contributed by atoms with Gasteiger partial charge in [0.25, 0.3) is 0 Å². The molecule has 0 radical (unpaired) electrons. The third kappa shape index (κ3) is 4.56. The first-order chi connectivity index (χ1) is 14.7. The first-order valence-electron chi connectivity index (χ1n) is 8.73. The molecule has 0 amide bonds. The topological polar surface area (TPSA) is 167 Å². The van der Waals surface area contributed by atoms with Crippen LogP contribution in [0.1, 0.15) is 16.1 Å². The molecule has 0 aliphatic rings. The van der Waals surface area contributed by atoms with E-state index in [0.717, 1.165) is 0 Å². The molecule has 0 aliphatic carbocycles. The van der Waals surface area contributed by atoms with Crippen molar-refractivity contribution in [2.75, 3.05) is 16.8 Å². The molecule has 0 unspecified atom stereocenters. The predicted octanol–water partition coefficient (Wildman–Crippen LogP) is 3.05. The van der Waals surface area contributed by atoms with Crippen LogP contribution in [0, 0.1) is 0 Å². The summed E-state index contributed by atoms with van der Waals surface area (Å²) in [6.45, 7) is 0. The van der Waals surface area contributed by atoms with Gasteiger partial charge in [0.1, 0.15) is 21.4 Å². The second kappa shape index (κ2) is 8.07. The fraction of sp³-hybridized carbons (Fsp3) is 0. The molecule has 4 aromatic rings. The lowest BCUT2D eigenvalue weighted by atomic mass is 10.1. The highest BCUT2D eigenvalue weighted by Crippen LogP contribution is 2.38. The highest BCUT2D eigenvalue weighted by Gasteiger charge is 2.18. The monoisotopic (exact) mass is 472 g/mol. The van der Waals surface area contributed by atoms with E-state index in [2.05, 4.69) is 15.3 Å². The molecule has 0 atom stereocenters. The largest absolute Gasteiger partial charge is 0.399 e. The number of carbonyl (C=O) groups is 1. The Morgan fingerprint density at radius 3 is 2.45 bits per heavy atom. The average Bonchev–Trinajstić information content (AvgIpc) is 3.34. The number of carbonyl (C=O) groups excluding carboxylic acids is 1. The van der Waals surface area contributed by atoms with Crippen LogP contribution < -0.4 is 21.9 Å². The Balaban J connectivity index is 1.55. The van der Waals surface area contributed by atoms with E-state index in [4.69, 9.17) is 16.6 Å². The van der Waals surface area contributed by atoms with Gasteiger partial charge in [-0.3, -0.25) is 4.79 Å². The predicted molar refractivity (Wildman–Crippen MR) is 123 cm³/mol. The van der Waals surface area contributed by atoms with E-state index in [0.29, 0.717) is 37.6 Å². The van der Waals surface area contributed by atoms with Gasteiger partial charge in [-0.05, 0) is 36.4 Å². The fourth-order valence-electron chi connectivity index (χ4n) is 2.70. The van der Waals surface area contributed by atoms with Gasteiger partial charge in [0.15, 0.2) is 5.13 Å². The van der Waals surface area contributed by atoms with Crippen LogP contribution in [-0.4, -0.2) is 24.2 Å². The number of primary sulfonamides is 1. The van der Waals surface area contributed by atoms with Crippen molar-refractivity contribution in [3.63, 3.8) is 0 Å². The van der Waals surface area contributed by atoms with Gasteiger partial charge in [0.05, 0.1) is 4.90 Å². The zero-order valence-corrected chi connectivity index (χ0v) is 18.2. The standard InChI is InChI=1S/C19H16N6O3S3/c20-11-3-1-2-10(8-11)15(26)14-9-29-18(24-14)16-17(21)25-19(30-16)23-12-4-6-13(7-5-12)31(22,27)28/h1-9H,20-21H2,(H,23,25)(H2,22,27,28). The number of rotatable bonds is 6. The van der Waals surface area contributed by atoms with Gasteiger partial charge in [-0.1, -0.05) is 23.5 Å². The van der Waals surface area contributed by atoms with Gasteiger partial charge in [-0.2, -0.15) is 0 Å². The number of nitrogen functional groups attached to an aromatic ring is 2. The molecule has 2 heterocycles. The Bertz CT molecular complexity index is 1380. The van der Waals surface area contributed by atoms with E-state index in [1.54, 1.807) is 41.8 Å². The van der Waals surface area contributed by atoms with Crippen molar-refractivity contribution in [2.24, 2.45) is 5.14 Å². The number of ketones is 1. The maximum atomic E-state index is 12.7. The van der Waals surface area contributed by atoms with Crippen LogP contribution in [0.3, 0.4) is 0 Å². The van der Waals surface area contributed by atoms with Gasteiger partial charge in [-0.25, -0.2) is 23.5 Å². The normalized spacial score (nSPS) is 11.4. The van der Waals surface area contributed by atoms with Crippen LogP contribution >= 0.6 is 22.7 Å². The van der Waals surface area contributed by atoms with Crippen molar-refractivity contribution >= 4 is 60.8 Å². The van der Waals surface area contributed by atoms with E-state index >= 15 is 0 Å². The number of nitrogens with zero attached hydrogens (tertiary/aromatic N) is 2. The molecule has 31 heavy (non-hydrogen) atoms. The van der Waals surface area contributed by atoms with Crippen LogP contribution in [-0.2, 0) is 10.0 Å². The van der Waals surface area contributed by atoms with Gasteiger partial charge in [-0.15, -0.1) is 11.3 Å². The van der Waals surface area contributed by atoms with E-state index in [1.165, 1.54) is 34.8 Å². The highest BCUT2D eigenvalue weighted by atomic mass is 32.2. The molecule has 0 saturated heterocycles. The minimum absolute atomic E-state index is 0.0116. The number of anilines is 4. The molecule has 0 saturated carbocycles. The Hall–Kier alpha value is -3.32. The highest BCUT2D eigenvalue weighted by molar-refractivity contribution is 7.89. The molecule has 9 nitrogen and oxygen atoms in total. The molecule has 4 rings (SSSR count). The number of benzene rings is 2. The molecule has 12 heteroatoms. The lowest BCUT2D eigenvalue weighted by Gasteiger charge is -2.03. The van der Waals surface area contributed by atoms with Crippen molar-refractivity contribution in [1.82, 2.24) is 9.97 Å². The van der Waals surface area contributed by atoms with Crippen molar-refractivity contribution < 1.29 is 13.2 Å². The van der Waals surface area contributed by atoms with Crippen molar-refractivity contribution in [3.05, 3.63) is 65.2 Å². The third-order valence-corrected chi connectivity index (χ3v) is 7.08. The number of sulfonamides is 1. The Morgan fingerprint density at radius 2 is 1.77 bits per heavy atom. The van der Waals surface area contributed by atoms with E-state index < -0.39 is 10.0 Å². The number of nitrogens with one attached hydrogen (secondary N) is 1. The van der Waals surface area contributed by atoms with Crippen molar-refractivity contribution in [2.45, 2.75) is 4.90 Å². The van der Waals surface area contributed by atoms with Crippen molar-refractivity contribution in [3.8, 4) is 9.88 Å². The minimum atomic E-state index is -3.76. The number of thiazole rings is 2. The number of hydrogen-bond acceptors (Lipinski definition) is 10. The van der Waals surface area contributed by atoms with Gasteiger partial charge in [0.2, 0.25) is 15.8 Å². The Kier molecular flexibility index (Phi) is 5.45. The summed E-state index contributed by atoms with van der Waals surface area (Å²) in [6.07, 6.45) is 0. The quantitative estimate of drug-likeness (QED) is 0.245. The first kappa shape index (κ1) is 20.9. The SMILES string of the molecule is Nc1cccc(C(=O)c2csc(-c3sc(Nc4ccc(S(N)(=O)=O)cc4)nc3N)n2)c1. The van der Waals surface area contributed by atoms with Crippen LogP contribution in [0.5, 0.6) is 0 Å². The molecule has 2 aromatic heterocycles. The summed E-state index contributed by atoms with van der Waals surface area (Å²) in [4.78, 5) is 22.0. The minimum Gasteiger partial charge on any atom is -0.399 e. The summed E-state index contributed by atoms with van der Waals surface area (Å²) in [5.41, 5.74) is 13.7. The van der Waals surface area contributed by atoms with E-state index in [9.17, 15) is 13.2 Å². The summed E-state index contributed by atoms with van der Waals surface area (Å²) in [7, 11) is -3.76. The smallest absolute Gasteiger partial charge is 0.238 e. The molecule has 2 aromatic carbocycles. The maximum absolute atomic E-state index is 12.7. The third-order valence-electron chi connectivity index (χ3n) is 4.17. The summed E-state index contributed by atoms with van der Waals surface area (Å²) in [6, 6.07) is 12.6. The lowest BCUT2D eigenvalue weighted by Crippen LogP contribution is -2.11. The molecule has 7 N–H and O–H groups in total. The van der Waals surface area contributed by atoms with Crippen LogP contribution in [0.4, 0.5) is 22.3 Å². The zero-order chi connectivity index (χ0) is 22.2. The first-order valence-corrected chi connectivity index (χ1v) is 12.0. The fourth-order valence-corrected chi connectivity index (χ4v) is 5.02. The maximum Gasteiger partial charge on any atom is 0.238 e. The molecular weight excluding hydrogens is 456 g/mol. The molecule has 0 aliphatic heterocycles. The summed E-state index contributed by atoms with van der Waals surface area (Å²) in [5.74, 6) is 0.0390. The van der Waals surface area contributed by atoms with Gasteiger partial charge < -0.3 is 16.8 Å². The summed E-state index contributed by atoms with van der Waals surface area (Å²) >= 11 is 2.55. The van der Waals surface area contributed by atoms with E-state index in [-0.39, 0.29) is 16.5 Å². The van der Waals surface area contributed by atoms with Crippen LogP contribution in [0.25, 0.3) is 9.88 Å². The van der Waals surface area contributed by atoms with E-state index in [1.807, 2.05) is 0 Å². The molecule has 0 spiro atoms. The number of hydrogen-bond donors (Lipinski definition) is 4. The Labute approximate surface area is 185 Å². The molecule has 158 valence electrons. The van der Waals surface area contributed by atoms with Crippen molar-refractivity contribution in [1.29, 1.82) is 0 Å². The summed E-state index contributed by atoms with van der Waals surface area (Å²) < 4.78 is 22.7. The number of aromatic nitrogens is 2. The number of nitrogens with two attached hydrogens (primary N) is 3. The second-order valence-electron chi connectivity index (χ2n) is 6.42.